The van der Waals surface area contributed by atoms with Gasteiger partial charge >= 0.3 is 0 Å². The molecule has 0 bridgehead atoms. The van der Waals surface area contributed by atoms with E-state index in [1.54, 1.807) is 0 Å². The van der Waals surface area contributed by atoms with Crippen molar-refractivity contribution in [1.82, 2.24) is 15.1 Å². The molecule has 120 valence electrons. The Labute approximate surface area is 129 Å². The Balaban J connectivity index is 1.80. The smallest absolute Gasteiger partial charge is 0.118 e. The van der Waals surface area contributed by atoms with E-state index >= 15 is 0 Å². The molecule has 0 saturated carbocycles. The minimum Gasteiger partial charge on any atom is -0.463 e. The summed E-state index contributed by atoms with van der Waals surface area (Å²) in [5.41, 5.74) is 0. The number of rotatable bonds is 7. The van der Waals surface area contributed by atoms with Crippen molar-refractivity contribution in [2.75, 3.05) is 33.7 Å². The number of hydrogen-bond acceptors (Lipinski definition) is 4. The van der Waals surface area contributed by atoms with E-state index in [1.807, 2.05) is 0 Å². The first kappa shape index (κ1) is 16.5. The van der Waals surface area contributed by atoms with Crippen molar-refractivity contribution in [3.63, 3.8) is 0 Å². The molecule has 2 atom stereocenters. The lowest BCUT2D eigenvalue weighted by Crippen LogP contribution is -2.34. The molecule has 1 saturated heterocycles. The fourth-order valence-electron chi connectivity index (χ4n) is 3.16. The molecule has 2 unspecified atom stereocenters. The molecular formula is C17H31N3O. The fraction of sp³-hybridized carbons (Fsp3) is 0.765. The van der Waals surface area contributed by atoms with Gasteiger partial charge in [0, 0.05) is 19.1 Å². The van der Waals surface area contributed by atoms with E-state index in [0.717, 1.165) is 50.2 Å². The van der Waals surface area contributed by atoms with Gasteiger partial charge in [-0.15, -0.1) is 0 Å². The minimum atomic E-state index is 0.659. The summed E-state index contributed by atoms with van der Waals surface area (Å²) in [5.74, 6) is 3.53. The first-order chi connectivity index (χ1) is 9.95. The van der Waals surface area contributed by atoms with Crippen LogP contribution in [-0.2, 0) is 13.1 Å². The zero-order valence-corrected chi connectivity index (χ0v) is 14.2. The van der Waals surface area contributed by atoms with Crippen LogP contribution < -0.4 is 5.32 Å². The highest BCUT2D eigenvalue weighted by Crippen LogP contribution is 2.22. The van der Waals surface area contributed by atoms with Crippen molar-refractivity contribution >= 4 is 0 Å². The van der Waals surface area contributed by atoms with Crippen molar-refractivity contribution in [3.05, 3.63) is 23.7 Å². The fourth-order valence-corrected chi connectivity index (χ4v) is 3.16. The summed E-state index contributed by atoms with van der Waals surface area (Å²) in [5, 5.41) is 3.42. The van der Waals surface area contributed by atoms with Gasteiger partial charge in [0.25, 0.3) is 0 Å². The van der Waals surface area contributed by atoms with Crippen LogP contribution in [0.3, 0.4) is 0 Å². The van der Waals surface area contributed by atoms with Crippen LogP contribution in [0.5, 0.6) is 0 Å². The molecule has 1 aromatic rings. The van der Waals surface area contributed by atoms with Crippen molar-refractivity contribution in [1.29, 1.82) is 0 Å². The van der Waals surface area contributed by atoms with Crippen LogP contribution in [0, 0.1) is 11.8 Å². The molecule has 1 aliphatic heterocycles. The highest BCUT2D eigenvalue weighted by Gasteiger charge is 2.31. The normalized spacial score (nSPS) is 23.6. The maximum atomic E-state index is 5.94. The van der Waals surface area contributed by atoms with Crippen molar-refractivity contribution < 1.29 is 4.42 Å². The Morgan fingerprint density at radius 1 is 1.29 bits per heavy atom. The third-order valence-electron chi connectivity index (χ3n) is 4.26. The average Bonchev–Trinajstić information content (AvgIpc) is 2.96. The zero-order chi connectivity index (χ0) is 15.4. The molecule has 0 aromatic carbocycles. The molecule has 4 nitrogen and oxygen atoms in total. The van der Waals surface area contributed by atoms with Crippen LogP contribution in [-0.4, -0.2) is 49.6 Å². The number of likely N-dealkylation sites (N-methyl/N-ethyl adjacent to an activating group) is 1. The van der Waals surface area contributed by atoms with Gasteiger partial charge in [0.15, 0.2) is 0 Å². The summed E-state index contributed by atoms with van der Waals surface area (Å²) >= 11 is 0. The standard InChI is InChI=1S/C17H31N3O/c1-13(2)8-18-9-15-6-7-16(21-15)11-20-10-14(3)17(12-20)19(4)5/h6-7,13-14,17-18H,8-12H2,1-5H3. The van der Waals surface area contributed by atoms with Gasteiger partial charge < -0.3 is 14.6 Å². The van der Waals surface area contributed by atoms with E-state index in [4.69, 9.17) is 4.42 Å². The summed E-state index contributed by atoms with van der Waals surface area (Å²) in [6, 6.07) is 4.89. The summed E-state index contributed by atoms with van der Waals surface area (Å²) in [4.78, 5) is 4.84. The molecule has 1 N–H and O–H groups in total. The highest BCUT2D eigenvalue weighted by atomic mass is 16.3. The summed E-state index contributed by atoms with van der Waals surface area (Å²) in [6.07, 6.45) is 0. The van der Waals surface area contributed by atoms with Crippen LogP contribution in [0.25, 0.3) is 0 Å². The van der Waals surface area contributed by atoms with Gasteiger partial charge in [-0.05, 0) is 44.6 Å². The first-order valence-electron chi connectivity index (χ1n) is 8.12. The molecular weight excluding hydrogens is 262 g/mol. The molecule has 1 aliphatic rings. The van der Waals surface area contributed by atoms with E-state index in [0.29, 0.717) is 12.0 Å². The van der Waals surface area contributed by atoms with Crippen molar-refractivity contribution in [2.45, 2.75) is 39.9 Å². The van der Waals surface area contributed by atoms with Gasteiger partial charge in [0.1, 0.15) is 11.5 Å². The average molecular weight is 293 g/mol. The van der Waals surface area contributed by atoms with E-state index in [9.17, 15) is 0 Å². The lowest BCUT2D eigenvalue weighted by molar-refractivity contribution is 0.242. The van der Waals surface area contributed by atoms with Crippen LogP contribution >= 0.6 is 0 Å². The predicted octanol–water partition coefficient (Wildman–Crippen LogP) is 2.41. The molecule has 0 radical (unpaired) electrons. The Morgan fingerprint density at radius 3 is 2.62 bits per heavy atom. The van der Waals surface area contributed by atoms with E-state index in [1.165, 1.54) is 0 Å². The second-order valence-electron chi connectivity index (χ2n) is 7.10. The third-order valence-corrected chi connectivity index (χ3v) is 4.26. The molecule has 1 fully saturated rings. The zero-order valence-electron chi connectivity index (χ0n) is 14.2. The molecule has 2 rings (SSSR count). The molecule has 0 aliphatic carbocycles. The van der Waals surface area contributed by atoms with Gasteiger partial charge in [-0.2, -0.15) is 0 Å². The second-order valence-corrected chi connectivity index (χ2v) is 7.10. The molecule has 0 spiro atoms. The Morgan fingerprint density at radius 2 is 2.00 bits per heavy atom. The van der Waals surface area contributed by atoms with E-state index in [-0.39, 0.29) is 0 Å². The van der Waals surface area contributed by atoms with Gasteiger partial charge in [0.05, 0.1) is 13.1 Å². The monoisotopic (exact) mass is 293 g/mol. The van der Waals surface area contributed by atoms with Crippen LogP contribution in [0.4, 0.5) is 0 Å². The Bertz CT molecular complexity index is 427. The van der Waals surface area contributed by atoms with Crippen molar-refractivity contribution in [3.8, 4) is 0 Å². The summed E-state index contributed by atoms with van der Waals surface area (Å²) in [6.45, 7) is 11.9. The topological polar surface area (TPSA) is 31.6 Å². The number of likely N-dealkylation sites (tertiary alicyclic amines) is 1. The van der Waals surface area contributed by atoms with Crippen LogP contribution in [0.1, 0.15) is 32.3 Å². The van der Waals surface area contributed by atoms with Crippen LogP contribution in [0.15, 0.2) is 16.5 Å². The molecule has 2 heterocycles. The van der Waals surface area contributed by atoms with E-state index in [2.05, 4.69) is 62.1 Å². The van der Waals surface area contributed by atoms with E-state index < -0.39 is 0 Å². The summed E-state index contributed by atoms with van der Waals surface area (Å²) in [7, 11) is 4.35. The largest absolute Gasteiger partial charge is 0.463 e. The van der Waals surface area contributed by atoms with Gasteiger partial charge in [0.2, 0.25) is 0 Å². The minimum absolute atomic E-state index is 0.659. The predicted molar refractivity (Wildman–Crippen MR) is 87.2 cm³/mol. The van der Waals surface area contributed by atoms with Crippen LogP contribution in [0.2, 0.25) is 0 Å². The Kier molecular flexibility index (Phi) is 5.85. The highest BCUT2D eigenvalue weighted by molar-refractivity contribution is 5.07. The number of hydrogen-bond donors (Lipinski definition) is 1. The quantitative estimate of drug-likeness (QED) is 0.836. The maximum Gasteiger partial charge on any atom is 0.118 e. The molecule has 1 aromatic heterocycles. The lowest BCUT2D eigenvalue weighted by Gasteiger charge is -2.22. The summed E-state index contributed by atoms with van der Waals surface area (Å²) < 4.78 is 5.94. The third kappa shape index (κ3) is 4.83. The number of furan rings is 1. The SMILES string of the molecule is CC(C)CNCc1ccc(CN2CC(C)C(N(C)C)C2)o1. The van der Waals surface area contributed by atoms with Crippen molar-refractivity contribution in [2.24, 2.45) is 11.8 Å². The van der Waals surface area contributed by atoms with Gasteiger partial charge in [-0.25, -0.2) is 0 Å². The number of nitrogens with zero attached hydrogens (tertiary/aromatic N) is 2. The second kappa shape index (κ2) is 7.43. The van der Waals surface area contributed by atoms with Gasteiger partial charge in [-0.1, -0.05) is 20.8 Å². The first-order valence-corrected chi connectivity index (χ1v) is 8.12. The molecule has 21 heavy (non-hydrogen) atoms. The van der Waals surface area contributed by atoms with Gasteiger partial charge in [-0.3, -0.25) is 4.90 Å². The molecule has 0 amide bonds. The maximum absolute atomic E-state index is 5.94. The number of nitrogens with one attached hydrogen (secondary N) is 1. The Hall–Kier alpha value is -0.840. The lowest BCUT2D eigenvalue weighted by atomic mass is 10.1. The molecule has 4 heteroatoms.